The van der Waals surface area contributed by atoms with Crippen LogP contribution in [0, 0.1) is 0 Å². The third kappa shape index (κ3) is 5.23. The van der Waals surface area contributed by atoms with Crippen LogP contribution in [0.1, 0.15) is 24.3 Å². The molecule has 2 aromatic rings. The van der Waals surface area contributed by atoms with Crippen LogP contribution in [0.4, 0.5) is 5.69 Å². The Bertz CT molecular complexity index is 736. The molecule has 0 aliphatic carbocycles. The third-order valence-electron chi connectivity index (χ3n) is 4.90. The molecule has 0 spiro atoms. The predicted octanol–water partition coefficient (Wildman–Crippen LogP) is 3.23. The third-order valence-corrected chi connectivity index (χ3v) is 6.14. The van der Waals surface area contributed by atoms with E-state index in [-0.39, 0.29) is 5.41 Å². The van der Waals surface area contributed by atoms with Gasteiger partial charge in [-0.25, -0.2) is 0 Å². The zero-order valence-corrected chi connectivity index (χ0v) is 17.3. The fourth-order valence-corrected chi connectivity index (χ4v) is 4.08. The summed E-state index contributed by atoms with van der Waals surface area (Å²) in [5.41, 5.74) is 2.62. The molecule has 1 aliphatic heterocycles. The van der Waals surface area contributed by atoms with Crippen molar-refractivity contribution in [2.45, 2.75) is 25.8 Å². The summed E-state index contributed by atoms with van der Waals surface area (Å²) < 4.78 is 5.49. The van der Waals surface area contributed by atoms with Crippen LogP contribution in [0.5, 0.6) is 0 Å². The SMILES string of the molecule is CN=C(NCc1ccccc1N1CCOCC1)NCC(C)(C)c1cccs1. The van der Waals surface area contributed by atoms with Crippen molar-refractivity contribution in [1.82, 2.24) is 10.6 Å². The Morgan fingerprint density at radius 1 is 1.15 bits per heavy atom. The van der Waals surface area contributed by atoms with E-state index >= 15 is 0 Å². The molecule has 1 fully saturated rings. The minimum Gasteiger partial charge on any atom is -0.378 e. The maximum Gasteiger partial charge on any atom is 0.191 e. The average Bonchev–Trinajstić information content (AvgIpc) is 3.25. The molecular formula is C21H30N4OS. The number of anilines is 1. The summed E-state index contributed by atoms with van der Waals surface area (Å²) in [5, 5.41) is 9.08. The molecule has 2 N–H and O–H groups in total. The number of hydrogen-bond donors (Lipinski definition) is 2. The van der Waals surface area contributed by atoms with E-state index in [0.717, 1.165) is 45.4 Å². The number of ether oxygens (including phenoxy) is 1. The van der Waals surface area contributed by atoms with E-state index in [9.17, 15) is 0 Å². The summed E-state index contributed by atoms with van der Waals surface area (Å²) in [7, 11) is 1.82. The molecule has 3 rings (SSSR count). The number of benzene rings is 1. The van der Waals surface area contributed by atoms with Crippen LogP contribution in [0.2, 0.25) is 0 Å². The molecule has 1 aromatic heterocycles. The first kappa shape index (κ1) is 19.7. The van der Waals surface area contributed by atoms with Gasteiger partial charge in [0.05, 0.1) is 13.2 Å². The molecule has 0 bridgehead atoms. The zero-order valence-electron chi connectivity index (χ0n) is 16.5. The molecule has 0 amide bonds. The van der Waals surface area contributed by atoms with Crippen molar-refractivity contribution in [1.29, 1.82) is 0 Å². The fraction of sp³-hybridized carbons (Fsp3) is 0.476. The number of nitrogens with one attached hydrogen (secondary N) is 2. The van der Waals surface area contributed by atoms with Gasteiger partial charge in [-0.15, -0.1) is 11.3 Å². The molecule has 0 saturated carbocycles. The Hall–Kier alpha value is -2.05. The van der Waals surface area contributed by atoms with E-state index < -0.39 is 0 Å². The second kappa shape index (κ2) is 9.24. The summed E-state index contributed by atoms with van der Waals surface area (Å²) in [4.78, 5) is 8.17. The summed E-state index contributed by atoms with van der Waals surface area (Å²) in [5.74, 6) is 0.830. The molecule has 146 valence electrons. The molecule has 5 nitrogen and oxygen atoms in total. The normalized spacial score (nSPS) is 15.7. The lowest BCUT2D eigenvalue weighted by atomic mass is 9.91. The smallest absolute Gasteiger partial charge is 0.191 e. The minimum atomic E-state index is 0.0670. The lowest BCUT2D eigenvalue weighted by Crippen LogP contribution is -2.43. The van der Waals surface area contributed by atoms with E-state index in [4.69, 9.17) is 4.74 Å². The number of aliphatic imine (C=N–C) groups is 1. The van der Waals surface area contributed by atoms with Crippen LogP contribution in [0.15, 0.2) is 46.8 Å². The van der Waals surface area contributed by atoms with Crippen molar-refractivity contribution in [3.63, 3.8) is 0 Å². The molecule has 27 heavy (non-hydrogen) atoms. The predicted molar refractivity (Wildman–Crippen MR) is 115 cm³/mol. The van der Waals surface area contributed by atoms with Gasteiger partial charge in [0, 0.05) is 49.2 Å². The molecule has 1 saturated heterocycles. The van der Waals surface area contributed by atoms with Gasteiger partial charge in [-0.05, 0) is 23.1 Å². The second-order valence-electron chi connectivity index (χ2n) is 7.37. The standard InChI is InChI=1S/C21H30N4OS/c1-21(2,19-9-6-14-27-19)16-24-20(22-3)23-15-17-7-4-5-8-18(17)25-10-12-26-13-11-25/h4-9,14H,10-13,15-16H2,1-3H3,(H2,22,23,24). The van der Waals surface area contributed by atoms with Gasteiger partial charge in [-0.1, -0.05) is 38.1 Å². The Morgan fingerprint density at radius 3 is 2.63 bits per heavy atom. The van der Waals surface area contributed by atoms with Gasteiger partial charge in [0.1, 0.15) is 0 Å². The number of hydrogen-bond acceptors (Lipinski definition) is 4. The highest BCUT2D eigenvalue weighted by Gasteiger charge is 2.22. The topological polar surface area (TPSA) is 48.9 Å². The lowest BCUT2D eigenvalue weighted by molar-refractivity contribution is 0.122. The Balaban J connectivity index is 1.58. The Kier molecular flexibility index (Phi) is 6.74. The Morgan fingerprint density at radius 2 is 1.93 bits per heavy atom. The Labute approximate surface area is 166 Å². The molecule has 2 heterocycles. The average molecular weight is 387 g/mol. The second-order valence-corrected chi connectivity index (χ2v) is 8.32. The monoisotopic (exact) mass is 386 g/mol. The van der Waals surface area contributed by atoms with E-state index in [1.54, 1.807) is 11.3 Å². The molecule has 0 radical (unpaired) electrons. The van der Waals surface area contributed by atoms with Crippen LogP contribution >= 0.6 is 11.3 Å². The number of morpholine rings is 1. The largest absolute Gasteiger partial charge is 0.378 e. The molecule has 6 heteroatoms. The van der Waals surface area contributed by atoms with E-state index in [1.165, 1.54) is 16.1 Å². The molecular weight excluding hydrogens is 356 g/mol. The van der Waals surface area contributed by atoms with Crippen LogP contribution in [0.25, 0.3) is 0 Å². The van der Waals surface area contributed by atoms with Gasteiger partial charge in [0.25, 0.3) is 0 Å². The van der Waals surface area contributed by atoms with Gasteiger partial charge < -0.3 is 20.3 Å². The van der Waals surface area contributed by atoms with Gasteiger partial charge in [0.2, 0.25) is 0 Å². The van der Waals surface area contributed by atoms with Crippen molar-refractivity contribution in [3.05, 3.63) is 52.2 Å². The van der Waals surface area contributed by atoms with Crippen molar-refractivity contribution in [2.24, 2.45) is 4.99 Å². The maximum absolute atomic E-state index is 5.49. The highest BCUT2D eigenvalue weighted by molar-refractivity contribution is 7.10. The number of guanidine groups is 1. The fourth-order valence-electron chi connectivity index (χ4n) is 3.23. The summed E-state index contributed by atoms with van der Waals surface area (Å²) in [6, 6.07) is 12.9. The van der Waals surface area contributed by atoms with Crippen LogP contribution in [-0.2, 0) is 16.7 Å². The van der Waals surface area contributed by atoms with E-state index in [1.807, 2.05) is 7.05 Å². The zero-order chi connectivity index (χ0) is 19.1. The maximum atomic E-state index is 5.49. The lowest BCUT2D eigenvalue weighted by Gasteiger charge is -2.31. The van der Waals surface area contributed by atoms with Gasteiger partial charge >= 0.3 is 0 Å². The van der Waals surface area contributed by atoms with Crippen molar-refractivity contribution < 1.29 is 4.74 Å². The minimum absolute atomic E-state index is 0.0670. The molecule has 1 aromatic carbocycles. The number of rotatable bonds is 6. The van der Waals surface area contributed by atoms with E-state index in [0.29, 0.717) is 0 Å². The van der Waals surface area contributed by atoms with Crippen LogP contribution in [0.3, 0.4) is 0 Å². The highest BCUT2D eigenvalue weighted by Crippen LogP contribution is 2.26. The van der Waals surface area contributed by atoms with Gasteiger partial charge in [-0.3, -0.25) is 4.99 Å². The van der Waals surface area contributed by atoms with Crippen molar-refractivity contribution >= 4 is 23.0 Å². The summed E-state index contributed by atoms with van der Waals surface area (Å²) in [6.45, 7) is 9.56. The first-order chi connectivity index (χ1) is 13.1. The first-order valence-electron chi connectivity index (χ1n) is 9.49. The summed E-state index contributed by atoms with van der Waals surface area (Å²) >= 11 is 1.80. The molecule has 0 atom stereocenters. The van der Waals surface area contributed by atoms with Crippen LogP contribution in [-0.4, -0.2) is 45.9 Å². The number of nitrogens with zero attached hydrogens (tertiary/aromatic N) is 2. The molecule has 0 unspecified atom stereocenters. The van der Waals surface area contributed by atoms with Gasteiger partial charge in [0.15, 0.2) is 5.96 Å². The van der Waals surface area contributed by atoms with Gasteiger partial charge in [-0.2, -0.15) is 0 Å². The first-order valence-corrected chi connectivity index (χ1v) is 10.4. The molecule has 1 aliphatic rings. The van der Waals surface area contributed by atoms with E-state index in [2.05, 4.69) is 76.2 Å². The van der Waals surface area contributed by atoms with Crippen LogP contribution < -0.4 is 15.5 Å². The van der Waals surface area contributed by atoms with Crippen molar-refractivity contribution in [3.8, 4) is 0 Å². The summed E-state index contributed by atoms with van der Waals surface area (Å²) in [6.07, 6.45) is 0. The highest BCUT2D eigenvalue weighted by atomic mass is 32.1. The number of para-hydroxylation sites is 1. The van der Waals surface area contributed by atoms with Crippen molar-refractivity contribution in [2.75, 3.05) is 44.8 Å². The quantitative estimate of drug-likeness (QED) is 0.591. The number of thiophene rings is 1.